The van der Waals surface area contributed by atoms with Crippen molar-refractivity contribution in [2.24, 2.45) is 0 Å². The molecule has 1 heterocycles. The summed E-state index contributed by atoms with van der Waals surface area (Å²) in [5.74, 6) is -5.14. The summed E-state index contributed by atoms with van der Waals surface area (Å²) in [6.07, 6.45) is 1.19. The van der Waals surface area contributed by atoms with Crippen LogP contribution in [0.4, 0.5) is 8.78 Å². The van der Waals surface area contributed by atoms with Crippen LogP contribution < -0.4 is 0 Å². The van der Waals surface area contributed by atoms with Gasteiger partial charge in [-0.3, -0.25) is 0 Å². The van der Waals surface area contributed by atoms with Crippen molar-refractivity contribution in [2.45, 2.75) is 5.92 Å². The van der Waals surface area contributed by atoms with Crippen LogP contribution in [0, 0.1) is 0 Å². The van der Waals surface area contributed by atoms with Crippen molar-refractivity contribution in [1.29, 1.82) is 0 Å². The van der Waals surface area contributed by atoms with E-state index in [2.05, 4.69) is 11.3 Å². The lowest BCUT2D eigenvalue weighted by atomic mass is 9.93. The Morgan fingerprint density at radius 1 is 1.29 bits per heavy atom. The van der Waals surface area contributed by atoms with Crippen LogP contribution in [0.3, 0.4) is 0 Å². The molecule has 0 radical (unpaired) electrons. The van der Waals surface area contributed by atoms with Crippen LogP contribution in [-0.2, 0) is 9.53 Å². The number of carbonyl (C=O) groups excluding carboxylic acids is 1. The minimum absolute atomic E-state index is 0.143. The number of ether oxygens (including phenoxy) is 1. The highest BCUT2D eigenvalue weighted by Gasteiger charge is 2.47. The van der Waals surface area contributed by atoms with Gasteiger partial charge in [0, 0.05) is 5.57 Å². The number of esters is 1. The molecule has 0 fully saturated rings. The lowest BCUT2D eigenvalue weighted by molar-refractivity contribution is -0.166. The first-order chi connectivity index (χ1) is 8.03. The van der Waals surface area contributed by atoms with Crippen molar-refractivity contribution in [2.75, 3.05) is 6.61 Å². The second-order valence-electron chi connectivity index (χ2n) is 3.64. The van der Waals surface area contributed by atoms with E-state index in [1.165, 1.54) is 6.08 Å². The van der Waals surface area contributed by atoms with Crippen LogP contribution in [0.25, 0.3) is 5.57 Å². The predicted molar refractivity (Wildman–Crippen MR) is 59.5 cm³/mol. The fraction of sp³-hybridized carbons (Fsp3) is 0.154. The Hall–Kier alpha value is -1.97. The molecule has 0 saturated carbocycles. The topological polar surface area (TPSA) is 26.3 Å². The first kappa shape index (κ1) is 11.5. The molecular weight excluding hydrogens is 226 g/mol. The average Bonchev–Trinajstić information content (AvgIpc) is 2.33. The summed E-state index contributed by atoms with van der Waals surface area (Å²) in [4.78, 5) is 11.0. The van der Waals surface area contributed by atoms with Gasteiger partial charge >= 0.3 is 11.9 Å². The van der Waals surface area contributed by atoms with Gasteiger partial charge in [-0.1, -0.05) is 36.9 Å². The van der Waals surface area contributed by atoms with E-state index in [9.17, 15) is 13.6 Å². The quantitative estimate of drug-likeness (QED) is 0.738. The molecule has 1 aliphatic rings. The zero-order valence-electron chi connectivity index (χ0n) is 8.95. The van der Waals surface area contributed by atoms with E-state index in [0.717, 1.165) is 0 Å². The van der Waals surface area contributed by atoms with E-state index in [0.29, 0.717) is 5.56 Å². The van der Waals surface area contributed by atoms with E-state index in [4.69, 9.17) is 0 Å². The summed E-state index contributed by atoms with van der Waals surface area (Å²) in [5, 5.41) is 0. The van der Waals surface area contributed by atoms with Gasteiger partial charge in [-0.05, 0) is 17.2 Å². The SMILES string of the molecule is C=C(C1=CCOC(=O)C1(F)F)c1ccccc1. The zero-order chi connectivity index (χ0) is 12.5. The Kier molecular flexibility index (Phi) is 2.79. The highest BCUT2D eigenvalue weighted by atomic mass is 19.3. The van der Waals surface area contributed by atoms with Gasteiger partial charge in [-0.25, -0.2) is 4.79 Å². The molecule has 2 nitrogen and oxygen atoms in total. The molecule has 0 bridgehead atoms. The molecule has 0 saturated heterocycles. The zero-order valence-corrected chi connectivity index (χ0v) is 8.95. The molecule has 4 heteroatoms. The van der Waals surface area contributed by atoms with Crippen LogP contribution in [-0.4, -0.2) is 18.5 Å². The number of alkyl halides is 2. The molecule has 0 aromatic heterocycles. The lowest BCUT2D eigenvalue weighted by Gasteiger charge is -2.24. The number of allylic oxidation sites excluding steroid dienone is 1. The molecule has 1 aromatic rings. The van der Waals surface area contributed by atoms with Crippen molar-refractivity contribution in [3.8, 4) is 0 Å². The van der Waals surface area contributed by atoms with E-state index in [1.807, 2.05) is 0 Å². The summed E-state index contributed by atoms with van der Waals surface area (Å²) in [7, 11) is 0. The normalized spacial score (nSPS) is 18.2. The van der Waals surface area contributed by atoms with Crippen LogP contribution >= 0.6 is 0 Å². The van der Waals surface area contributed by atoms with Gasteiger partial charge < -0.3 is 4.74 Å². The molecule has 0 N–H and O–H groups in total. The third kappa shape index (κ3) is 1.98. The first-order valence-corrected chi connectivity index (χ1v) is 5.04. The Bertz CT molecular complexity index is 489. The summed E-state index contributed by atoms with van der Waals surface area (Å²) < 4.78 is 31.5. The molecule has 1 aromatic carbocycles. The maximum absolute atomic E-state index is 13.6. The van der Waals surface area contributed by atoms with Gasteiger partial charge in [-0.15, -0.1) is 0 Å². The van der Waals surface area contributed by atoms with Gasteiger partial charge in [0.05, 0.1) is 0 Å². The lowest BCUT2D eigenvalue weighted by Crippen LogP contribution is -2.36. The fourth-order valence-electron chi connectivity index (χ4n) is 1.64. The number of hydrogen-bond donors (Lipinski definition) is 0. The third-order valence-electron chi connectivity index (χ3n) is 2.54. The summed E-state index contributed by atoms with van der Waals surface area (Å²) >= 11 is 0. The molecule has 17 heavy (non-hydrogen) atoms. The predicted octanol–water partition coefficient (Wildman–Crippen LogP) is 2.82. The molecule has 0 unspecified atom stereocenters. The molecule has 0 atom stereocenters. The van der Waals surface area contributed by atoms with Crippen LogP contribution in [0.2, 0.25) is 0 Å². The summed E-state index contributed by atoms with van der Waals surface area (Å²) in [6.45, 7) is 3.48. The second kappa shape index (κ2) is 4.13. The highest BCUT2D eigenvalue weighted by Crippen LogP contribution is 2.37. The van der Waals surface area contributed by atoms with E-state index in [-0.39, 0.29) is 17.8 Å². The molecule has 1 aliphatic heterocycles. The molecule has 2 rings (SSSR count). The van der Waals surface area contributed by atoms with Gasteiger partial charge in [0.15, 0.2) is 0 Å². The number of hydrogen-bond acceptors (Lipinski definition) is 2. The van der Waals surface area contributed by atoms with Crippen molar-refractivity contribution in [3.05, 3.63) is 54.1 Å². The number of benzene rings is 1. The molecular formula is C13H10F2O2. The van der Waals surface area contributed by atoms with E-state index >= 15 is 0 Å². The molecule has 0 aliphatic carbocycles. The molecule has 0 amide bonds. The van der Waals surface area contributed by atoms with Gasteiger partial charge in [0.1, 0.15) is 6.61 Å². The van der Waals surface area contributed by atoms with Crippen molar-refractivity contribution >= 4 is 11.5 Å². The Labute approximate surface area is 97.2 Å². The van der Waals surface area contributed by atoms with E-state index in [1.54, 1.807) is 30.3 Å². The van der Waals surface area contributed by atoms with Crippen LogP contribution in [0.5, 0.6) is 0 Å². The summed E-state index contributed by atoms with van der Waals surface area (Å²) in [6, 6.07) is 8.55. The first-order valence-electron chi connectivity index (χ1n) is 5.04. The maximum Gasteiger partial charge on any atom is 0.382 e. The standard InChI is InChI=1S/C13H10F2O2/c1-9(10-5-3-2-4-6-10)11-7-8-17-12(16)13(11,14)15/h2-7H,1,8H2. The van der Waals surface area contributed by atoms with Gasteiger partial charge in [-0.2, -0.15) is 8.78 Å². The Morgan fingerprint density at radius 3 is 2.59 bits per heavy atom. The largest absolute Gasteiger partial charge is 0.457 e. The van der Waals surface area contributed by atoms with Gasteiger partial charge in [0.25, 0.3) is 0 Å². The summed E-state index contributed by atoms with van der Waals surface area (Å²) in [5.41, 5.74) is 0.334. The maximum atomic E-state index is 13.6. The Morgan fingerprint density at radius 2 is 1.94 bits per heavy atom. The minimum Gasteiger partial charge on any atom is -0.457 e. The number of rotatable bonds is 2. The van der Waals surface area contributed by atoms with Crippen LogP contribution in [0.15, 0.2) is 48.6 Å². The number of carbonyl (C=O) groups is 1. The third-order valence-corrected chi connectivity index (χ3v) is 2.54. The van der Waals surface area contributed by atoms with Crippen molar-refractivity contribution in [3.63, 3.8) is 0 Å². The van der Waals surface area contributed by atoms with E-state index < -0.39 is 11.9 Å². The smallest absolute Gasteiger partial charge is 0.382 e. The van der Waals surface area contributed by atoms with Crippen molar-refractivity contribution in [1.82, 2.24) is 0 Å². The van der Waals surface area contributed by atoms with Gasteiger partial charge in [0.2, 0.25) is 0 Å². The average molecular weight is 236 g/mol. The highest BCUT2D eigenvalue weighted by molar-refractivity contribution is 5.92. The number of cyclic esters (lactones) is 1. The number of halogens is 2. The Balaban J connectivity index is 2.38. The molecule has 0 spiro atoms. The molecule has 88 valence electrons. The minimum atomic E-state index is -3.62. The second-order valence-corrected chi connectivity index (χ2v) is 3.64. The van der Waals surface area contributed by atoms with Crippen molar-refractivity contribution < 1.29 is 18.3 Å². The fourth-order valence-corrected chi connectivity index (χ4v) is 1.64. The monoisotopic (exact) mass is 236 g/mol. The van der Waals surface area contributed by atoms with Crippen LogP contribution in [0.1, 0.15) is 5.56 Å².